The number of ether oxygens (including phenoxy) is 1. The summed E-state index contributed by atoms with van der Waals surface area (Å²) < 4.78 is 67.1. The van der Waals surface area contributed by atoms with Crippen LogP contribution in [0.2, 0.25) is 0 Å². The van der Waals surface area contributed by atoms with E-state index >= 15 is 0 Å². The Labute approximate surface area is 120 Å². The largest absolute Gasteiger partial charge is 0.465 e. The Balaban J connectivity index is 3.27. The SMILES string of the molecule is CCOC(=O)C(CC)S(=O)(=O)c1cccc(C(F)(F)F)c1. The number of sulfone groups is 1. The van der Waals surface area contributed by atoms with Crippen LogP contribution < -0.4 is 0 Å². The van der Waals surface area contributed by atoms with E-state index in [0.29, 0.717) is 6.07 Å². The van der Waals surface area contributed by atoms with E-state index in [1.165, 1.54) is 13.8 Å². The van der Waals surface area contributed by atoms with E-state index in [0.717, 1.165) is 18.2 Å². The average molecular weight is 324 g/mol. The highest BCUT2D eigenvalue weighted by Gasteiger charge is 2.36. The van der Waals surface area contributed by atoms with E-state index in [4.69, 9.17) is 0 Å². The Hall–Kier alpha value is -1.57. The molecular formula is C13H15F3O4S. The van der Waals surface area contributed by atoms with Gasteiger partial charge in [-0.2, -0.15) is 13.2 Å². The standard InChI is InChI=1S/C13H15F3O4S/c1-3-11(12(17)20-4-2)21(18,19)10-7-5-6-9(8-10)13(14,15)16/h5-8,11H,3-4H2,1-2H3. The maximum Gasteiger partial charge on any atom is 0.416 e. The molecule has 0 aliphatic carbocycles. The number of rotatable bonds is 5. The minimum Gasteiger partial charge on any atom is -0.465 e. The molecule has 0 aromatic heterocycles. The van der Waals surface area contributed by atoms with Crippen LogP contribution in [0.4, 0.5) is 13.2 Å². The van der Waals surface area contributed by atoms with Crippen molar-refractivity contribution in [2.45, 2.75) is 36.6 Å². The normalized spacial score (nSPS) is 13.8. The highest BCUT2D eigenvalue weighted by molar-refractivity contribution is 7.92. The molecule has 0 heterocycles. The van der Waals surface area contributed by atoms with E-state index in [9.17, 15) is 26.4 Å². The van der Waals surface area contributed by atoms with Crippen molar-refractivity contribution in [2.24, 2.45) is 0 Å². The Kier molecular flexibility index (Phi) is 5.38. The summed E-state index contributed by atoms with van der Waals surface area (Å²) in [7, 11) is -4.23. The molecule has 0 saturated carbocycles. The zero-order valence-corrected chi connectivity index (χ0v) is 12.3. The van der Waals surface area contributed by atoms with Gasteiger partial charge in [0.05, 0.1) is 17.1 Å². The highest BCUT2D eigenvalue weighted by Crippen LogP contribution is 2.31. The molecular weight excluding hydrogens is 309 g/mol. The van der Waals surface area contributed by atoms with Gasteiger partial charge >= 0.3 is 12.1 Å². The second kappa shape index (κ2) is 6.46. The summed E-state index contributed by atoms with van der Waals surface area (Å²) in [5, 5.41) is -1.51. The number of hydrogen-bond acceptors (Lipinski definition) is 4. The Morgan fingerprint density at radius 1 is 1.29 bits per heavy atom. The third kappa shape index (κ3) is 3.96. The summed E-state index contributed by atoms with van der Waals surface area (Å²) >= 11 is 0. The van der Waals surface area contributed by atoms with Crippen molar-refractivity contribution in [3.05, 3.63) is 29.8 Å². The molecule has 0 bridgehead atoms. The number of carbonyl (C=O) groups is 1. The van der Waals surface area contributed by atoms with Crippen LogP contribution in [0, 0.1) is 0 Å². The van der Waals surface area contributed by atoms with Gasteiger partial charge in [0, 0.05) is 0 Å². The lowest BCUT2D eigenvalue weighted by Crippen LogP contribution is -2.31. The Morgan fingerprint density at radius 2 is 1.90 bits per heavy atom. The molecule has 4 nitrogen and oxygen atoms in total. The lowest BCUT2D eigenvalue weighted by Gasteiger charge is -2.15. The van der Waals surface area contributed by atoms with Crippen LogP contribution in [0.25, 0.3) is 0 Å². The number of benzene rings is 1. The minimum absolute atomic E-state index is 0.00650. The van der Waals surface area contributed by atoms with Crippen LogP contribution in [-0.4, -0.2) is 26.2 Å². The summed E-state index contributed by atoms with van der Waals surface area (Å²) in [6.07, 6.45) is -4.74. The molecule has 0 radical (unpaired) electrons. The van der Waals surface area contributed by atoms with Crippen LogP contribution in [0.3, 0.4) is 0 Å². The summed E-state index contributed by atoms with van der Waals surface area (Å²) in [5.74, 6) is -0.961. The maximum atomic E-state index is 12.6. The van der Waals surface area contributed by atoms with Crippen molar-refractivity contribution >= 4 is 15.8 Å². The zero-order chi connectivity index (χ0) is 16.3. The van der Waals surface area contributed by atoms with Gasteiger partial charge in [-0.05, 0) is 31.5 Å². The van der Waals surface area contributed by atoms with Crippen LogP contribution in [0.1, 0.15) is 25.8 Å². The van der Waals surface area contributed by atoms with Gasteiger partial charge in [-0.1, -0.05) is 13.0 Å². The molecule has 21 heavy (non-hydrogen) atoms. The molecule has 0 saturated heterocycles. The van der Waals surface area contributed by atoms with Gasteiger partial charge in [0.1, 0.15) is 0 Å². The van der Waals surface area contributed by atoms with Crippen LogP contribution in [-0.2, 0) is 25.5 Å². The first-order valence-corrected chi connectivity index (χ1v) is 7.77. The van der Waals surface area contributed by atoms with Gasteiger partial charge in [-0.3, -0.25) is 4.79 Å². The Bertz CT molecular complexity index is 608. The number of hydrogen-bond donors (Lipinski definition) is 0. The topological polar surface area (TPSA) is 60.4 Å². The minimum atomic E-state index is -4.66. The summed E-state index contributed by atoms with van der Waals surface area (Å²) in [6, 6.07) is 3.32. The highest BCUT2D eigenvalue weighted by atomic mass is 32.2. The van der Waals surface area contributed by atoms with Gasteiger partial charge in [0.25, 0.3) is 0 Å². The van der Waals surface area contributed by atoms with E-state index in [1.54, 1.807) is 0 Å². The van der Waals surface area contributed by atoms with Crippen molar-refractivity contribution < 1.29 is 31.1 Å². The zero-order valence-electron chi connectivity index (χ0n) is 11.5. The fourth-order valence-electron chi connectivity index (χ4n) is 1.76. The van der Waals surface area contributed by atoms with E-state index in [-0.39, 0.29) is 13.0 Å². The molecule has 1 aromatic carbocycles. The number of halogens is 3. The van der Waals surface area contributed by atoms with Gasteiger partial charge in [-0.15, -0.1) is 0 Å². The fraction of sp³-hybridized carbons (Fsp3) is 0.462. The monoisotopic (exact) mass is 324 g/mol. The summed E-state index contributed by atoms with van der Waals surface area (Å²) in [5.41, 5.74) is -1.08. The fourth-order valence-corrected chi connectivity index (χ4v) is 3.41. The molecule has 0 N–H and O–H groups in total. The molecule has 1 rings (SSSR count). The molecule has 0 aliphatic rings. The second-order valence-electron chi connectivity index (χ2n) is 4.22. The molecule has 0 fully saturated rings. The quantitative estimate of drug-likeness (QED) is 0.782. The van der Waals surface area contributed by atoms with Crippen molar-refractivity contribution in [2.75, 3.05) is 6.61 Å². The Morgan fingerprint density at radius 3 is 2.38 bits per heavy atom. The summed E-state index contributed by atoms with van der Waals surface area (Å²) in [6.45, 7) is 2.96. The maximum absolute atomic E-state index is 12.6. The van der Waals surface area contributed by atoms with Gasteiger partial charge in [0.15, 0.2) is 15.1 Å². The first-order chi connectivity index (χ1) is 9.64. The second-order valence-corrected chi connectivity index (χ2v) is 6.35. The third-order valence-electron chi connectivity index (χ3n) is 2.78. The third-order valence-corrected chi connectivity index (χ3v) is 4.97. The molecule has 1 atom stereocenters. The molecule has 0 amide bonds. The van der Waals surface area contributed by atoms with Gasteiger partial charge in [0.2, 0.25) is 0 Å². The van der Waals surface area contributed by atoms with E-state index in [1.807, 2.05) is 0 Å². The first-order valence-electron chi connectivity index (χ1n) is 6.22. The smallest absolute Gasteiger partial charge is 0.416 e. The first kappa shape index (κ1) is 17.5. The van der Waals surface area contributed by atoms with Gasteiger partial charge < -0.3 is 4.74 Å². The molecule has 0 spiro atoms. The lowest BCUT2D eigenvalue weighted by atomic mass is 10.2. The van der Waals surface area contributed by atoms with Crippen LogP contribution in [0.5, 0.6) is 0 Å². The van der Waals surface area contributed by atoms with Crippen LogP contribution in [0.15, 0.2) is 29.2 Å². The van der Waals surface area contributed by atoms with Crippen molar-refractivity contribution in [1.29, 1.82) is 0 Å². The predicted octanol–water partition coefficient (Wildman–Crippen LogP) is 2.82. The summed E-state index contributed by atoms with van der Waals surface area (Å²) in [4.78, 5) is 11.1. The van der Waals surface area contributed by atoms with Crippen LogP contribution >= 0.6 is 0 Å². The number of esters is 1. The van der Waals surface area contributed by atoms with Gasteiger partial charge in [-0.25, -0.2) is 8.42 Å². The molecule has 1 unspecified atom stereocenters. The number of alkyl halides is 3. The lowest BCUT2D eigenvalue weighted by molar-refractivity contribution is -0.142. The molecule has 1 aromatic rings. The molecule has 0 aliphatic heterocycles. The van der Waals surface area contributed by atoms with Crippen molar-refractivity contribution in [3.63, 3.8) is 0 Å². The average Bonchev–Trinajstić information content (AvgIpc) is 2.38. The molecule has 8 heteroatoms. The predicted molar refractivity (Wildman–Crippen MR) is 69.3 cm³/mol. The number of carbonyl (C=O) groups excluding carboxylic acids is 1. The van der Waals surface area contributed by atoms with E-state index in [2.05, 4.69) is 4.74 Å². The van der Waals surface area contributed by atoms with E-state index < -0.39 is 37.7 Å². The van der Waals surface area contributed by atoms with Crippen molar-refractivity contribution in [1.82, 2.24) is 0 Å². The molecule has 118 valence electrons. The van der Waals surface area contributed by atoms with Crippen molar-refractivity contribution in [3.8, 4) is 0 Å².